The van der Waals surface area contributed by atoms with E-state index in [1.807, 2.05) is 13.2 Å². The van der Waals surface area contributed by atoms with E-state index in [9.17, 15) is 5.11 Å². The van der Waals surface area contributed by atoms with Crippen LogP contribution >= 0.6 is 0 Å². The summed E-state index contributed by atoms with van der Waals surface area (Å²) in [4.78, 5) is 4.98. The van der Waals surface area contributed by atoms with Gasteiger partial charge in [0.05, 0.1) is 23.5 Å². The molecule has 4 aromatic rings. The fraction of sp³-hybridized carbons (Fsp3) is 0.250. The smallest absolute Gasteiger partial charge is 0.122 e. The number of aliphatic hydroxyl groups excluding tert-OH is 1. The van der Waals surface area contributed by atoms with Crippen molar-refractivity contribution < 1.29 is 5.11 Å². The summed E-state index contributed by atoms with van der Waals surface area (Å²) in [7, 11) is 1.89. The van der Waals surface area contributed by atoms with Gasteiger partial charge in [-0.05, 0) is 42.5 Å². The second-order valence-corrected chi connectivity index (χ2v) is 7.03. The van der Waals surface area contributed by atoms with Crippen molar-refractivity contribution in [2.75, 3.05) is 0 Å². The Hall–Kier alpha value is -2.99. The monoisotopic (exact) mass is 345 g/mol. The topological polar surface area (TPSA) is 79.6 Å². The molecule has 0 spiro atoms. The maximum atomic E-state index is 10.1. The molecular weight excluding hydrogens is 326 g/mol. The highest BCUT2D eigenvalue weighted by Crippen LogP contribution is 2.35. The number of pyridine rings is 1. The van der Waals surface area contributed by atoms with Crippen LogP contribution in [0.3, 0.4) is 0 Å². The SMILES string of the molecule is Cc1cc2[nH]nc(-c3cnn(C)c3)c2nc1-c1cccc2c1CC(O)C2. The molecule has 3 aromatic heterocycles. The average molecular weight is 345 g/mol. The quantitative estimate of drug-likeness (QED) is 0.585. The molecule has 0 fully saturated rings. The van der Waals surface area contributed by atoms with E-state index in [0.717, 1.165) is 45.5 Å². The lowest BCUT2D eigenvalue weighted by molar-refractivity contribution is 0.187. The van der Waals surface area contributed by atoms with Crippen molar-refractivity contribution in [1.82, 2.24) is 25.0 Å². The number of benzene rings is 1. The van der Waals surface area contributed by atoms with Gasteiger partial charge in [0.2, 0.25) is 0 Å². The molecule has 1 aliphatic carbocycles. The molecule has 1 aliphatic rings. The zero-order valence-corrected chi connectivity index (χ0v) is 14.7. The average Bonchev–Trinajstić information content (AvgIpc) is 3.30. The molecule has 1 aromatic carbocycles. The summed E-state index contributed by atoms with van der Waals surface area (Å²) in [5.41, 5.74) is 9.09. The molecule has 1 atom stereocenters. The van der Waals surface area contributed by atoms with Gasteiger partial charge in [-0.3, -0.25) is 9.78 Å². The van der Waals surface area contributed by atoms with Gasteiger partial charge in [0.15, 0.2) is 0 Å². The summed E-state index contributed by atoms with van der Waals surface area (Å²) < 4.78 is 1.76. The van der Waals surface area contributed by atoms with Crippen LogP contribution in [0.15, 0.2) is 36.7 Å². The largest absolute Gasteiger partial charge is 0.392 e. The van der Waals surface area contributed by atoms with Crippen LogP contribution < -0.4 is 0 Å². The van der Waals surface area contributed by atoms with Gasteiger partial charge >= 0.3 is 0 Å². The molecule has 5 rings (SSSR count). The summed E-state index contributed by atoms with van der Waals surface area (Å²) >= 11 is 0. The third-order valence-electron chi connectivity index (χ3n) is 5.13. The first-order chi connectivity index (χ1) is 12.6. The third-order valence-corrected chi connectivity index (χ3v) is 5.13. The van der Waals surface area contributed by atoms with Crippen LogP contribution in [0.4, 0.5) is 0 Å². The predicted octanol–water partition coefficient (Wildman–Crippen LogP) is 2.79. The number of aromatic amines is 1. The predicted molar refractivity (Wildman–Crippen MR) is 99.7 cm³/mol. The van der Waals surface area contributed by atoms with E-state index in [-0.39, 0.29) is 6.10 Å². The summed E-state index contributed by atoms with van der Waals surface area (Å²) in [6.45, 7) is 2.07. The van der Waals surface area contributed by atoms with E-state index in [0.29, 0.717) is 6.42 Å². The van der Waals surface area contributed by atoms with Crippen molar-refractivity contribution in [3.63, 3.8) is 0 Å². The van der Waals surface area contributed by atoms with Crippen molar-refractivity contribution in [3.05, 3.63) is 53.3 Å². The molecule has 0 bridgehead atoms. The van der Waals surface area contributed by atoms with Gasteiger partial charge in [-0.25, -0.2) is 4.98 Å². The Labute approximate surface area is 150 Å². The fourth-order valence-corrected chi connectivity index (χ4v) is 3.92. The highest BCUT2D eigenvalue weighted by atomic mass is 16.3. The molecule has 130 valence electrons. The number of rotatable bonds is 2. The van der Waals surface area contributed by atoms with Gasteiger partial charge in [-0.15, -0.1) is 0 Å². The van der Waals surface area contributed by atoms with Crippen molar-refractivity contribution in [2.24, 2.45) is 7.05 Å². The number of nitrogens with one attached hydrogen (secondary N) is 1. The number of aryl methyl sites for hydroxylation is 2. The summed E-state index contributed by atoms with van der Waals surface area (Å²) in [5, 5.41) is 21.9. The molecule has 1 unspecified atom stereocenters. The molecule has 2 N–H and O–H groups in total. The Bertz CT molecular complexity index is 1140. The second-order valence-electron chi connectivity index (χ2n) is 7.03. The van der Waals surface area contributed by atoms with Gasteiger partial charge < -0.3 is 5.11 Å². The number of aliphatic hydroxyl groups is 1. The summed E-state index contributed by atoms with van der Waals surface area (Å²) in [6, 6.07) is 8.34. The van der Waals surface area contributed by atoms with Gasteiger partial charge in [0.25, 0.3) is 0 Å². The van der Waals surface area contributed by atoms with Gasteiger partial charge in [0.1, 0.15) is 11.2 Å². The lowest BCUT2D eigenvalue weighted by Crippen LogP contribution is -2.04. The second kappa shape index (κ2) is 5.51. The van der Waals surface area contributed by atoms with Crippen molar-refractivity contribution in [2.45, 2.75) is 25.9 Å². The maximum Gasteiger partial charge on any atom is 0.122 e. The third kappa shape index (κ3) is 2.26. The Balaban J connectivity index is 1.73. The van der Waals surface area contributed by atoms with E-state index < -0.39 is 0 Å². The molecule has 0 saturated heterocycles. The van der Waals surface area contributed by atoms with Crippen LogP contribution in [0, 0.1) is 6.92 Å². The first-order valence-corrected chi connectivity index (χ1v) is 8.74. The Kier molecular flexibility index (Phi) is 3.24. The fourth-order valence-electron chi connectivity index (χ4n) is 3.92. The standard InChI is InChI=1S/C20H19N5O/c1-11-6-17-20(19(24-23-17)13-9-21-25(2)10-13)22-18(11)15-5-3-4-12-7-14(26)8-16(12)15/h3-6,9-10,14,26H,7-8H2,1-2H3,(H,23,24). The minimum atomic E-state index is -0.296. The normalized spacial score (nSPS) is 16.3. The first kappa shape index (κ1) is 15.3. The lowest BCUT2D eigenvalue weighted by atomic mass is 9.97. The molecule has 6 heteroatoms. The van der Waals surface area contributed by atoms with Crippen LogP contribution in [0.1, 0.15) is 16.7 Å². The van der Waals surface area contributed by atoms with Crippen molar-refractivity contribution >= 4 is 11.0 Å². The van der Waals surface area contributed by atoms with Gasteiger partial charge in [-0.2, -0.15) is 10.2 Å². The number of hydrogen-bond acceptors (Lipinski definition) is 4. The minimum Gasteiger partial charge on any atom is -0.392 e. The summed E-state index contributed by atoms with van der Waals surface area (Å²) in [5.74, 6) is 0. The Morgan fingerprint density at radius 2 is 2.12 bits per heavy atom. The molecule has 6 nitrogen and oxygen atoms in total. The molecule has 3 heterocycles. The lowest BCUT2D eigenvalue weighted by Gasteiger charge is -2.11. The number of nitrogens with zero attached hydrogens (tertiary/aromatic N) is 4. The van der Waals surface area contributed by atoms with E-state index >= 15 is 0 Å². The van der Waals surface area contributed by atoms with Crippen molar-refractivity contribution in [3.8, 4) is 22.5 Å². The number of fused-ring (bicyclic) bond motifs is 2. The Morgan fingerprint density at radius 1 is 1.23 bits per heavy atom. The molecule has 0 radical (unpaired) electrons. The zero-order valence-electron chi connectivity index (χ0n) is 14.7. The maximum absolute atomic E-state index is 10.1. The van der Waals surface area contributed by atoms with Gasteiger partial charge in [-0.1, -0.05) is 18.2 Å². The first-order valence-electron chi connectivity index (χ1n) is 8.74. The molecule has 26 heavy (non-hydrogen) atoms. The molecule has 0 amide bonds. The molecule has 0 saturated carbocycles. The number of hydrogen-bond donors (Lipinski definition) is 2. The van der Waals surface area contributed by atoms with Crippen LogP contribution in [0.25, 0.3) is 33.5 Å². The van der Waals surface area contributed by atoms with Gasteiger partial charge in [0, 0.05) is 24.4 Å². The zero-order chi connectivity index (χ0) is 17.8. The van der Waals surface area contributed by atoms with E-state index in [4.69, 9.17) is 4.98 Å². The molecule has 0 aliphatic heterocycles. The van der Waals surface area contributed by atoms with Crippen LogP contribution in [-0.4, -0.2) is 36.2 Å². The highest BCUT2D eigenvalue weighted by Gasteiger charge is 2.24. The van der Waals surface area contributed by atoms with E-state index in [1.54, 1.807) is 10.9 Å². The van der Waals surface area contributed by atoms with Crippen molar-refractivity contribution in [1.29, 1.82) is 0 Å². The van der Waals surface area contributed by atoms with Crippen LogP contribution in [0.2, 0.25) is 0 Å². The molecular formula is C20H19N5O. The highest BCUT2D eigenvalue weighted by molar-refractivity contribution is 5.91. The Morgan fingerprint density at radius 3 is 2.92 bits per heavy atom. The van der Waals surface area contributed by atoms with Crippen LogP contribution in [-0.2, 0) is 19.9 Å². The van der Waals surface area contributed by atoms with Crippen LogP contribution in [0.5, 0.6) is 0 Å². The van der Waals surface area contributed by atoms with E-state index in [2.05, 4.69) is 46.5 Å². The van der Waals surface area contributed by atoms with E-state index in [1.165, 1.54) is 11.1 Å². The minimum absolute atomic E-state index is 0.296. The summed E-state index contributed by atoms with van der Waals surface area (Å²) in [6.07, 6.45) is 4.85. The number of aromatic nitrogens is 5. The number of H-pyrrole nitrogens is 1.